The molecular formula is C15H17N3O6S. The maximum absolute atomic E-state index is 12.2. The molecule has 0 saturated carbocycles. The number of carbonyl (C=O) groups excluding carboxylic acids is 2. The number of amides is 2. The highest BCUT2D eigenvalue weighted by molar-refractivity contribution is 7.89. The van der Waals surface area contributed by atoms with Gasteiger partial charge in [-0.05, 0) is 31.2 Å². The molecule has 0 radical (unpaired) electrons. The second-order valence-electron chi connectivity index (χ2n) is 4.92. The van der Waals surface area contributed by atoms with E-state index in [1.165, 1.54) is 50.8 Å². The van der Waals surface area contributed by atoms with E-state index < -0.39 is 21.8 Å². The van der Waals surface area contributed by atoms with Gasteiger partial charge in [0.1, 0.15) is 5.76 Å². The third kappa shape index (κ3) is 4.05. The molecule has 0 spiro atoms. The largest absolute Gasteiger partial charge is 0.469 e. The van der Waals surface area contributed by atoms with E-state index >= 15 is 0 Å². The van der Waals surface area contributed by atoms with Gasteiger partial charge in [-0.15, -0.1) is 0 Å². The average molecular weight is 367 g/mol. The van der Waals surface area contributed by atoms with Gasteiger partial charge in [-0.25, -0.2) is 8.42 Å². The first kappa shape index (κ1) is 18.6. The molecule has 10 heteroatoms. The summed E-state index contributed by atoms with van der Waals surface area (Å²) in [6.45, 7) is 1.61. The maximum atomic E-state index is 12.2. The molecule has 0 saturated heterocycles. The minimum absolute atomic E-state index is 0.0507. The van der Waals surface area contributed by atoms with Crippen LogP contribution in [0.15, 0.2) is 45.9 Å². The quantitative estimate of drug-likeness (QED) is 0.756. The molecule has 2 rings (SSSR count). The van der Waals surface area contributed by atoms with Crippen molar-refractivity contribution in [3.05, 3.63) is 53.5 Å². The van der Waals surface area contributed by atoms with E-state index in [2.05, 4.69) is 15.7 Å². The number of rotatable bonds is 5. The number of aryl methyl sites for hydroxylation is 1. The molecule has 2 N–H and O–H groups in total. The summed E-state index contributed by atoms with van der Waals surface area (Å²) < 4.78 is 30.1. The van der Waals surface area contributed by atoms with Gasteiger partial charge in [-0.2, -0.15) is 0 Å². The average Bonchev–Trinajstić information content (AvgIpc) is 3.04. The van der Waals surface area contributed by atoms with Crippen LogP contribution in [-0.2, 0) is 14.9 Å². The van der Waals surface area contributed by atoms with E-state index in [9.17, 15) is 18.0 Å². The minimum Gasteiger partial charge on any atom is -0.469 e. The van der Waals surface area contributed by atoms with Crippen molar-refractivity contribution in [2.24, 2.45) is 0 Å². The number of hydroxylamine groups is 1. The fraction of sp³-hybridized carbons (Fsp3) is 0.200. The minimum atomic E-state index is -3.89. The molecule has 0 aliphatic heterocycles. The van der Waals surface area contributed by atoms with Crippen molar-refractivity contribution < 1.29 is 27.3 Å². The smallest absolute Gasteiger partial charge is 0.273 e. The van der Waals surface area contributed by atoms with E-state index in [1.807, 2.05) is 0 Å². The SMILES string of the molecule is CON(C)S(=O)(=O)c1cccc(C(=O)NNC(=O)c2ccoc2C)c1. The number of hydrogen-bond donors (Lipinski definition) is 2. The third-order valence-electron chi connectivity index (χ3n) is 3.38. The standard InChI is InChI=1S/C15H17N3O6S/c1-10-13(7-8-24-10)15(20)17-16-14(19)11-5-4-6-12(9-11)25(21,22)18(2)23-3/h4-9H,1-3H3,(H,16,19)(H,17,20). The van der Waals surface area contributed by atoms with Crippen LogP contribution in [0.2, 0.25) is 0 Å². The van der Waals surface area contributed by atoms with Gasteiger partial charge in [0.2, 0.25) is 0 Å². The lowest BCUT2D eigenvalue weighted by atomic mass is 10.2. The number of benzene rings is 1. The van der Waals surface area contributed by atoms with Gasteiger partial charge in [0.25, 0.3) is 21.8 Å². The molecule has 1 aromatic heterocycles. The number of nitrogens with one attached hydrogen (secondary N) is 2. The molecule has 0 unspecified atom stereocenters. The Labute approximate surface area is 144 Å². The van der Waals surface area contributed by atoms with E-state index in [0.29, 0.717) is 10.2 Å². The molecule has 25 heavy (non-hydrogen) atoms. The Hall–Kier alpha value is -2.69. The van der Waals surface area contributed by atoms with Crippen LogP contribution in [0, 0.1) is 6.92 Å². The highest BCUT2D eigenvalue weighted by Gasteiger charge is 2.22. The second kappa shape index (κ2) is 7.47. The summed E-state index contributed by atoms with van der Waals surface area (Å²) in [5.74, 6) is -0.823. The Morgan fingerprint density at radius 3 is 2.44 bits per heavy atom. The van der Waals surface area contributed by atoms with Crippen molar-refractivity contribution in [1.82, 2.24) is 15.3 Å². The fourth-order valence-electron chi connectivity index (χ4n) is 1.92. The van der Waals surface area contributed by atoms with Crippen molar-refractivity contribution in [1.29, 1.82) is 0 Å². The molecule has 0 atom stereocenters. The zero-order valence-electron chi connectivity index (χ0n) is 13.8. The molecule has 2 aromatic rings. The van der Waals surface area contributed by atoms with Crippen LogP contribution in [0.25, 0.3) is 0 Å². The Morgan fingerprint density at radius 2 is 1.84 bits per heavy atom. The predicted molar refractivity (Wildman–Crippen MR) is 86.8 cm³/mol. The molecule has 0 aliphatic rings. The van der Waals surface area contributed by atoms with E-state index in [-0.39, 0.29) is 16.0 Å². The van der Waals surface area contributed by atoms with Crippen molar-refractivity contribution in [2.45, 2.75) is 11.8 Å². The molecule has 2 amide bonds. The highest BCUT2D eigenvalue weighted by Crippen LogP contribution is 2.16. The Balaban J connectivity index is 2.12. The van der Waals surface area contributed by atoms with E-state index in [0.717, 1.165) is 0 Å². The number of furan rings is 1. The molecule has 1 heterocycles. The van der Waals surface area contributed by atoms with Crippen LogP contribution in [0.3, 0.4) is 0 Å². The van der Waals surface area contributed by atoms with Crippen LogP contribution in [0.5, 0.6) is 0 Å². The van der Waals surface area contributed by atoms with E-state index in [4.69, 9.17) is 4.42 Å². The number of hydrazine groups is 1. The maximum Gasteiger partial charge on any atom is 0.273 e. The predicted octanol–water partition coefficient (Wildman–Crippen LogP) is 0.845. The highest BCUT2D eigenvalue weighted by atomic mass is 32.2. The summed E-state index contributed by atoms with van der Waals surface area (Å²) >= 11 is 0. The topological polar surface area (TPSA) is 118 Å². The van der Waals surface area contributed by atoms with Crippen molar-refractivity contribution in [3.8, 4) is 0 Å². The Morgan fingerprint density at radius 1 is 1.16 bits per heavy atom. The van der Waals surface area contributed by atoms with Gasteiger partial charge in [0.15, 0.2) is 0 Å². The Bertz CT molecular complexity index is 890. The normalized spacial score (nSPS) is 11.4. The van der Waals surface area contributed by atoms with Crippen molar-refractivity contribution >= 4 is 21.8 Å². The second-order valence-corrected chi connectivity index (χ2v) is 6.86. The van der Waals surface area contributed by atoms with Gasteiger partial charge in [0.05, 0.1) is 23.8 Å². The first-order valence-electron chi connectivity index (χ1n) is 7.05. The number of sulfonamides is 1. The van der Waals surface area contributed by atoms with Crippen LogP contribution in [-0.4, -0.2) is 38.9 Å². The molecule has 0 aliphatic carbocycles. The van der Waals surface area contributed by atoms with Gasteiger partial charge in [-0.1, -0.05) is 10.5 Å². The van der Waals surface area contributed by atoms with Gasteiger partial charge >= 0.3 is 0 Å². The molecule has 1 aromatic carbocycles. The molecule has 9 nitrogen and oxygen atoms in total. The van der Waals surface area contributed by atoms with Gasteiger partial charge < -0.3 is 4.42 Å². The van der Waals surface area contributed by atoms with Crippen LogP contribution in [0.1, 0.15) is 26.5 Å². The summed E-state index contributed by atoms with van der Waals surface area (Å²) in [6.07, 6.45) is 1.35. The first-order chi connectivity index (χ1) is 11.8. The summed E-state index contributed by atoms with van der Waals surface area (Å²) in [4.78, 5) is 28.6. The third-order valence-corrected chi connectivity index (χ3v) is 5.06. The molecule has 0 bridgehead atoms. The van der Waals surface area contributed by atoms with Gasteiger partial charge in [0, 0.05) is 12.6 Å². The molecule has 0 fully saturated rings. The van der Waals surface area contributed by atoms with Crippen molar-refractivity contribution in [3.63, 3.8) is 0 Å². The lowest BCUT2D eigenvalue weighted by Gasteiger charge is -2.14. The Kier molecular flexibility index (Phi) is 5.57. The number of nitrogens with zero attached hydrogens (tertiary/aromatic N) is 1. The number of carbonyl (C=O) groups is 2. The summed E-state index contributed by atoms with van der Waals surface area (Å²) in [5, 5.41) is 0. The van der Waals surface area contributed by atoms with Gasteiger partial charge in [-0.3, -0.25) is 25.3 Å². The summed E-state index contributed by atoms with van der Waals surface area (Å²) in [5.41, 5.74) is 4.78. The van der Waals surface area contributed by atoms with Crippen molar-refractivity contribution in [2.75, 3.05) is 14.2 Å². The lowest BCUT2D eigenvalue weighted by molar-refractivity contribution is -0.0258. The van der Waals surface area contributed by atoms with Crippen LogP contribution >= 0.6 is 0 Å². The first-order valence-corrected chi connectivity index (χ1v) is 8.49. The van der Waals surface area contributed by atoms with Crippen LogP contribution < -0.4 is 10.9 Å². The monoisotopic (exact) mass is 367 g/mol. The van der Waals surface area contributed by atoms with E-state index in [1.54, 1.807) is 6.92 Å². The fourth-order valence-corrected chi connectivity index (χ4v) is 2.94. The summed E-state index contributed by atoms with van der Waals surface area (Å²) in [6, 6.07) is 6.79. The van der Waals surface area contributed by atoms with Crippen LogP contribution in [0.4, 0.5) is 0 Å². The molecular weight excluding hydrogens is 350 g/mol. The zero-order valence-corrected chi connectivity index (χ0v) is 14.6. The summed E-state index contributed by atoms with van der Waals surface area (Å²) in [7, 11) is -1.44. The lowest BCUT2D eigenvalue weighted by Crippen LogP contribution is -2.41. The number of hydrogen-bond acceptors (Lipinski definition) is 6. The molecule has 134 valence electrons. The zero-order chi connectivity index (χ0) is 18.6.